The van der Waals surface area contributed by atoms with Gasteiger partial charge in [0.05, 0.1) is 12.3 Å². The number of thioether (sulfide) groups is 1. The number of hydrogen-bond acceptors (Lipinski definition) is 4. The van der Waals surface area contributed by atoms with E-state index in [0.717, 1.165) is 34.4 Å². The van der Waals surface area contributed by atoms with Crippen LogP contribution in [0.3, 0.4) is 0 Å². The summed E-state index contributed by atoms with van der Waals surface area (Å²) < 4.78 is 5.75. The first-order valence-electron chi connectivity index (χ1n) is 5.85. The number of benzene rings is 1. The highest BCUT2D eigenvalue weighted by Gasteiger charge is 2.05. The monoisotopic (exact) mass is 262 g/mol. The molecule has 1 heterocycles. The first-order chi connectivity index (χ1) is 8.65. The molecule has 1 aromatic carbocycles. The van der Waals surface area contributed by atoms with Gasteiger partial charge >= 0.3 is 0 Å². The van der Waals surface area contributed by atoms with Crippen LogP contribution in [0.25, 0.3) is 0 Å². The first kappa shape index (κ1) is 13.1. The SMILES string of the molecule is CN(C)Cc1ccc(CSc2ccccc2N)o1. The predicted octanol–water partition coefficient (Wildman–Crippen LogP) is 3.22. The lowest BCUT2D eigenvalue weighted by atomic mass is 10.3. The average molecular weight is 262 g/mol. The molecule has 0 aliphatic rings. The Hall–Kier alpha value is -1.39. The third-order valence-electron chi connectivity index (χ3n) is 2.48. The van der Waals surface area contributed by atoms with Crippen LogP contribution in [0.15, 0.2) is 45.7 Å². The van der Waals surface area contributed by atoms with Crippen molar-refractivity contribution in [1.82, 2.24) is 4.90 Å². The van der Waals surface area contributed by atoms with E-state index >= 15 is 0 Å². The van der Waals surface area contributed by atoms with Gasteiger partial charge in [0.2, 0.25) is 0 Å². The normalized spacial score (nSPS) is 11.1. The number of nitrogen functional groups attached to an aromatic ring is 1. The highest BCUT2D eigenvalue weighted by Crippen LogP contribution is 2.28. The Morgan fingerprint density at radius 3 is 2.56 bits per heavy atom. The van der Waals surface area contributed by atoms with Gasteiger partial charge in [-0.25, -0.2) is 0 Å². The maximum Gasteiger partial charge on any atom is 0.118 e. The van der Waals surface area contributed by atoms with E-state index in [-0.39, 0.29) is 0 Å². The molecule has 0 saturated heterocycles. The van der Waals surface area contributed by atoms with Crippen LogP contribution in [-0.2, 0) is 12.3 Å². The highest BCUT2D eigenvalue weighted by molar-refractivity contribution is 7.98. The van der Waals surface area contributed by atoms with Crippen molar-refractivity contribution in [2.45, 2.75) is 17.2 Å². The summed E-state index contributed by atoms with van der Waals surface area (Å²) in [5, 5.41) is 0. The summed E-state index contributed by atoms with van der Waals surface area (Å²) in [7, 11) is 4.06. The van der Waals surface area contributed by atoms with Crippen LogP contribution in [0.4, 0.5) is 5.69 Å². The number of rotatable bonds is 5. The number of anilines is 1. The maximum absolute atomic E-state index is 5.90. The maximum atomic E-state index is 5.90. The largest absolute Gasteiger partial charge is 0.464 e. The van der Waals surface area contributed by atoms with Gasteiger partial charge in [-0.15, -0.1) is 11.8 Å². The van der Waals surface area contributed by atoms with E-state index in [2.05, 4.69) is 4.90 Å². The van der Waals surface area contributed by atoms with Crippen molar-refractivity contribution in [1.29, 1.82) is 0 Å². The number of hydrogen-bond donors (Lipinski definition) is 1. The van der Waals surface area contributed by atoms with Crippen LogP contribution in [0.2, 0.25) is 0 Å². The second kappa shape index (κ2) is 5.98. The molecule has 0 bridgehead atoms. The van der Waals surface area contributed by atoms with Crippen LogP contribution >= 0.6 is 11.8 Å². The van der Waals surface area contributed by atoms with Crippen LogP contribution in [-0.4, -0.2) is 19.0 Å². The van der Waals surface area contributed by atoms with Crippen molar-refractivity contribution in [2.75, 3.05) is 19.8 Å². The molecule has 1 aromatic heterocycles. The second-order valence-corrected chi connectivity index (χ2v) is 5.45. The van der Waals surface area contributed by atoms with E-state index in [1.165, 1.54) is 0 Å². The standard InChI is InChI=1S/C14H18N2OS/c1-16(2)9-11-7-8-12(17-11)10-18-14-6-4-3-5-13(14)15/h3-8H,9-10,15H2,1-2H3. The number of nitrogens with zero attached hydrogens (tertiary/aromatic N) is 1. The van der Waals surface area contributed by atoms with Gasteiger partial charge in [0, 0.05) is 10.6 Å². The summed E-state index contributed by atoms with van der Waals surface area (Å²) in [5.74, 6) is 2.79. The predicted molar refractivity (Wildman–Crippen MR) is 76.5 cm³/mol. The van der Waals surface area contributed by atoms with E-state index < -0.39 is 0 Å². The third kappa shape index (κ3) is 3.55. The lowest BCUT2D eigenvalue weighted by Crippen LogP contribution is -2.09. The van der Waals surface area contributed by atoms with Crippen molar-refractivity contribution in [3.8, 4) is 0 Å². The minimum Gasteiger partial charge on any atom is -0.464 e. The Balaban J connectivity index is 1.94. The fourth-order valence-electron chi connectivity index (χ4n) is 1.66. The quantitative estimate of drug-likeness (QED) is 0.663. The molecule has 0 atom stereocenters. The Morgan fingerprint density at radius 1 is 1.11 bits per heavy atom. The zero-order valence-electron chi connectivity index (χ0n) is 10.7. The van der Waals surface area contributed by atoms with E-state index in [0.29, 0.717) is 0 Å². The van der Waals surface area contributed by atoms with Crippen molar-refractivity contribution in [2.24, 2.45) is 0 Å². The summed E-state index contributed by atoms with van der Waals surface area (Å²) in [5.41, 5.74) is 6.72. The van der Waals surface area contributed by atoms with Crippen LogP contribution in [0.1, 0.15) is 11.5 Å². The topological polar surface area (TPSA) is 42.4 Å². The van der Waals surface area contributed by atoms with Crippen molar-refractivity contribution in [3.05, 3.63) is 47.9 Å². The Labute approximate surface area is 112 Å². The molecule has 3 nitrogen and oxygen atoms in total. The summed E-state index contributed by atoms with van der Waals surface area (Å²) in [4.78, 5) is 3.19. The molecule has 4 heteroatoms. The summed E-state index contributed by atoms with van der Waals surface area (Å²) in [6.07, 6.45) is 0. The number of para-hydroxylation sites is 1. The molecule has 0 radical (unpaired) electrons. The molecular formula is C14H18N2OS. The van der Waals surface area contributed by atoms with Crippen molar-refractivity contribution >= 4 is 17.4 Å². The molecule has 96 valence electrons. The van der Waals surface area contributed by atoms with E-state index in [1.54, 1.807) is 11.8 Å². The Morgan fingerprint density at radius 2 is 1.83 bits per heavy atom. The lowest BCUT2D eigenvalue weighted by Gasteiger charge is -2.06. The van der Waals surface area contributed by atoms with E-state index in [4.69, 9.17) is 10.2 Å². The summed E-state index contributed by atoms with van der Waals surface area (Å²) in [6, 6.07) is 12.0. The molecule has 0 spiro atoms. The molecular weight excluding hydrogens is 244 g/mol. The molecule has 18 heavy (non-hydrogen) atoms. The minimum absolute atomic E-state index is 0.807. The second-order valence-electron chi connectivity index (χ2n) is 4.43. The first-order valence-corrected chi connectivity index (χ1v) is 6.83. The van der Waals surface area contributed by atoms with Crippen molar-refractivity contribution in [3.63, 3.8) is 0 Å². The van der Waals surface area contributed by atoms with Crippen molar-refractivity contribution < 1.29 is 4.42 Å². The fraction of sp³-hybridized carbons (Fsp3) is 0.286. The zero-order valence-corrected chi connectivity index (χ0v) is 11.5. The molecule has 2 aromatic rings. The fourth-order valence-corrected chi connectivity index (χ4v) is 2.52. The minimum atomic E-state index is 0.807. The third-order valence-corrected chi connectivity index (χ3v) is 3.59. The van der Waals surface area contributed by atoms with E-state index in [1.807, 2.05) is 50.5 Å². The average Bonchev–Trinajstić information content (AvgIpc) is 2.75. The van der Waals surface area contributed by atoms with Gasteiger partial charge in [0.15, 0.2) is 0 Å². The lowest BCUT2D eigenvalue weighted by molar-refractivity contribution is 0.344. The Kier molecular flexibility index (Phi) is 4.33. The summed E-state index contributed by atoms with van der Waals surface area (Å²) in [6.45, 7) is 0.831. The molecule has 0 unspecified atom stereocenters. The van der Waals surface area contributed by atoms with Gasteiger partial charge in [-0.2, -0.15) is 0 Å². The molecule has 0 aliphatic carbocycles. The van der Waals surface area contributed by atoms with Gasteiger partial charge in [-0.3, -0.25) is 0 Å². The Bertz CT molecular complexity index is 508. The smallest absolute Gasteiger partial charge is 0.118 e. The van der Waals surface area contributed by atoms with Gasteiger partial charge < -0.3 is 15.1 Å². The number of nitrogens with two attached hydrogens (primary N) is 1. The van der Waals surface area contributed by atoms with Crippen LogP contribution < -0.4 is 5.73 Å². The zero-order chi connectivity index (χ0) is 13.0. The highest BCUT2D eigenvalue weighted by atomic mass is 32.2. The van der Waals surface area contributed by atoms with E-state index in [9.17, 15) is 0 Å². The molecule has 2 rings (SSSR count). The van der Waals surface area contributed by atoms with Gasteiger partial charge in [-0.05, 0) is 38.4 Å². The molecule has 0 amide bonds. The van der Waals surface area contributed by atoms with Crippen LogP contribution in [0.5, 0.6) is 0 Å². The van der Waals surface area contributed by atoms with Gasteiger partial charge in [0.1, 0.15) is 11.5 Å². The molecule has 0 saturated carbocycles. The number of furan rings is 1. The van der Waals surface area contributed by atoms with Crippen LogP contribution in [0, 0.1) is 0 Å². The van der Waals surface area contributed by atoms with Gasteiger partial charge in [0.25, 0.3) is 0 Å². The summed E-state index contributed by atoms with van der Waals surface area (Å²) >= 11 is 1.70. The molecule has 0 aliphatic heterocycles. The van der Waals surface area contributed by atoms with Gasteiger partial charge in [-0.1, -0.05) is 12.1 Å². The molecule has 2 N–H and O–H groups in total. The molecule has 0 fully saturated rings.